The van der Waals surface area contributed by atoms with Crippen LogP contribution in [-0.4, -0.2) is 28.3 Å². The molecule has 0 radical (unpaired) electrons. The van der Waals surface area contributed by atoms with E-state index < -0.39 is 0 Å². The van der Waals surface area contributed by atoms with Gasteiger partial charge in [0.05, 0.1) is 17.2 Å². The molecule has 1 atom stereocenters. The number of pyridine rings is 2. The lowest BCUT2D eigenvalue weighted by molar-refractivity contribution is 0.0908. The van der Waals surface area contributed by atoms with Crippen LogP contribution in [0.2, 0.25) is 0 Å². The average Bonchev–Trinajstić information content (AvgIpc) is 2.72. The van der Waals surface area contributed by atoms with Gasteiger partial charge in [0, 0.05) is 30.3 Å². The van der Waals surface area contributed by atoms with Crippen LogP contribution in [-0.2, 0) is 0 Å². The van der Waals surface area contributed by atoms with E-state index in [2.05, 4.69) is 20.6 Å². The molecule has 0 bridgehead atoms. The molecule has 0 aliphatic carbocycles. The molecule has 0 saturated heterocycles. The second-order valence-electron chi connectivity index (χ2n) is 6.52. The van der Waals surface area contributed by atoms with Crippen molar-refractivity contribution in [3.8, 4) is 0 Å². The van der Waals surface area contributed by atoms with E-state index in [1.807, 2.05) is 44.2 Å². The number of nitrogens with one attached hydrogen (secondary N) is 2. The first kappa shape index (κ1) is 19.2. The van der Waals surface area contributed by atoms with Gasteiger partial charge in [0.1, 0.15) is 0 Å². The van der Waals surface area contributed by atoms with Gasteiger partial charge in [-0.3, -0.25) is 19.6 Å². The van der Waals surface area contributed by atoms with Gasteiger partial charge in [0.15, 0.2) is 0 Å². The van der Waals surface area contributed by atoms with Gasteiger partial charge in [-0.2, -0.15) is 0 Å². The Balaban J connectivity index is 1.72. The Morgan fingerprint density at radius 2 is 1.39 bits per heavy atom. The molecule has 0 spiro atoms. The molecule has 0 fully saturated rings. The number of rotatable bonds is 6. The summed E-state index contributed by atoms with van der Waals surface area (Å²) in [6.07, 6.45) is 3.09. The van der Waals surface area contributed by atoms with Gasteiger partial charge in [-0.1, -0.05) is 30.3 Å². The van der Waals surface area contributed by atoms with Crippen LogP contribution in [0.5, 0.6) is 0 Å². The van der Waals surface area contributed by atoms with Crippen LogP contribution in [0.1, 0.15) is 43.7 Å². The average molecular weight is 374 g/mol. The first-order valence-corrected chi connectivity index (χ1v) is 9.02. The highest BCUT2D eigenvalue weighted by atomic mass is 16.2. The second kappa shape index (κ2) is 8.90. The Kier molecular flexibility index (Phi) is 6.11. The molecular weight excluding hydrogens is 352 g/mol. The summed E-state index contributed by atoms with van der Waals surface area (Å²) < 4.78 is 0. The smallest absolute Gasteiger partial charge is 0.253 e. The van der Waals surface area contributed by atoms with E-state index in [1.165, 1.54) is 0 Å². The number of carbonyl (C=O) groups is 2. The highest BCUT2D eigenvalue weighted by molar-refractivity contribution is 5.95. The van der Waals surface area contributed by atoms with E-state index in [-0.39, 0.29) is 24.4 Å². The molecule has 6 heteroatoms. The summed E-state index contributed by atoms with van der Waals surface area (Å²) in [5.41, 5.74) is 3.54. The number of hydrogen-bond donors (Lipinski definition) is 2. The lowest BCUT2D eigenvalue weighted by atomic mass is 10.1. The normalized spacial score (nSPS) is 11.5. The Bertz CT molecular complexity index is 939. The third-order valence-corrected chi connectivity index (χ3v) is 4.32. The van der Waals surface area contributed by atoms with Crippen molar-refractivity contribution in [2.75, 3.05) is 6.54 Å². The van der Waals surface area contributed by atoms with Crippen molar-refractivity contribution in [3.63, 3.8) is 0 Å². The van der Waals surface area contributed by atoms with Crippen LogP contribution >= 0.6 is 0 Å². The molecule has 0 aliphatic heterocycles. The summed E-state index contributed by atoms with van der Waals surface area (Å²) in [6, 6.07) is 16.2. The number of carbonyl (C=O) groups excluding carboxylic acids is 2. The van der Waals surface area contributed by atoms with Crippen LogP contribution in [0.3, 0.4) is 0 Å². The highest BCUT2D eigenvalue weighted by Crippen LogP contribution is 2.13. The number of amides is 2. The van der Waals surface area contributed by atoms with Crippen LogP contribution in [0, 0.1) is 13.8 Å². The van der Waals surface area contributed by atoms with Crippen LogP contribution in [0.4, 0.5) is 0 Å². The van der Waals surface area contributed by atoms with Crippen molar-refractivity contribution in [1.29, 1.82) is 0 Å². The minimum absolute atomic E-state index is 0.236. The fourth-order valence-electron chi connectivity index (χ4n) is 2.68. The summed E-state index contributed by atoms with van der Waals surface area (Å²) in [6.45, 7) is 3.98. The Labute approximate surface area is 164 Å². The van der Waals surface area contributed by atoms with Crippen molar-refractivity contribution in [1.82, 2.24) is 20.6 Å². The quantitative estimate of drug-likeness (QED) is 0.695. The van der Waals surface area contributed by atoms with Crippen LogP contribution in [0.15, 0.2) is 67.0 Å². The van der Waals surface area contributed by atoms with E-state index in [0.717, 1.165) is 17.0 Å². The highest BCUT2D eigenvalue weighted by Gasteiger charge is 2.17. The zero-order valence-electron chi connectivity index (χ0n) is 15.8. The third-order valence-electron chi connectivity index (χ3n) is 4.32. The van der Waals surface area contributed by atoms with Gasteiger partial charge in [-0.25, -0.2) is 0 Å². The maximum Gasteiger partial charge on any atom is 0.253 e. The molecule has 2 aromatic heterocycles. The predicted octanol–water partition coefficient (Wildman–Crippen LogP) is 2.99. The van der Waals surface area contributed by atoms with Gasteiger partial charge in [-0.15, -0.1) is 0 Å². The lowest BCUT2D eigenvalue weighted by Crippen LogP contribution is -2.38. The molecule has 28 heavy (non-hydrogen) atoms. The van der Waals surface area contributed by atoms with E-state index in [4.69, 9.17) is 0 Å². The molecule has 3 aromatic rings. The molecular formula is C22H22N4O2. The Hall–Kier alpha value is -3.54. The van der Waals surface area contributed by atoms with Gasteiger partial charge in [-0.05, 0) is 43.7 Å². The first-order valence-electron chi connectivity index (χ1n) is 9.02. The number of aromatic nitrogens is 2. The minimum atomic E-state index is -0.377. The second-order valence-corrected chi connectivity index (χ2v) is 6.52. The van der Waals surface area contributed by atoms with Gasteiger partial charge in [0.25, 0.3) is 11.8 Å². The van der Waals surface area contributed by atoms with E-state index in [9.17, 15) is 9.59 Å². The number of nitrogens with zero attached hydrogens (tertiary/aromatic N) is 2. The molecule has 0 saturated carbocycles. The van der Waals surface area contributed by atoms with Crippen molar-refractivity contribution in [3.05, 3.63) is 95.1 Å². The molecule has 0 aliphatic rings. The van der Waals surface area contributed by atoms with Crippen molar-refractivity contribution in [2.24, 2.45) is 0 Å². The Morgan fingerprint density at radius 3 is 1.93 bits per heavy atom. The van der Waals surface area contributed by atoms with E-state index >= 15 is 0 Å². The minimum Gasteiger partial charge on any atom is -0.350 e. The number of benzene rings is 1. The zero-order chi connectivity index (χ0) is 19.9. The monoisotopic (exact) mass is 374 g/mol. The fraction of sp³-hybridized carbons (Fsp3) is 0.182. The summed E-state index contributed by atoms with van der Waals surface area (Å²) in [5, 5.41) is 5.85. The maximum atomic E-state index is 12.6. The van der Waals surface area contributed by atoms with Crippen molar-refractivity contribution in [2.45, 2.75) is 19.9 Å². The summed E-state index contributed by atoms with van der Waals surface area (Å²) >= 11 is 0. The summed E-state index contributed by atoms with van der Waals surface area (Å²) in [5.74, 6) is -0.479. The third kappa shape index (κ3) is 5.01. The zero-order valence-corrected chi connectivity index (χ0v) is 15.8. The van der Waals surface area contributed by atoms with Crippen molar-refractivity contribution >= 4 is 11.8 Å². The molecule has 6 nitrogen and oxygen atoms in total. The van der Waals surface area contributed by atoms with Gasteiger partial charge < -0.3 is 10.6 Å². The molecule has 3 rings (SSSR count). The fourth-order valence-corrected chi connectivity index (χ4v) is 2.68. The largest absolute Gasteiger partial charge is 0.350 e. The molecule has 1 aromatic carbocycles. The molecule has 2 heterocycles. The topological polar surface area (TPSA) is 84.0 Å². The summed E-state index contributed by atoms with van der Waals surface area (Å²) in [7, 11) is 0. The number of aryl methyl sites for hydroxylation is 2. The SMILES string of the molecule is Cc1ccc(C(=O)NCC(NC(=O)c2ccc(C)nc2)c2ccccc2)cn1. The predicted molar refractivity (Wildman–Crippen MR) is 107 cm³/mol. The van der Waals surface area contributed by atoms with Gasteiger partial charge >= 0.3 is 0 Å². The molecule has 1 unspecified atom stereocenters. The van der Waals surface area contributed by atoms with Gasteiger partial charge in [0.2, 0.25) is 0 Å². The number of hydrogen-bond acceptors (Lipinski definition) is 4. The first-order chi connectivity index (χ1) is 13.5. The molecule has 2 amide bonds. The Morgan fingerprint density at radius 1 is 0.821 bits per heavy atom. The van der Waals surface area contributed by atoms with E-state index in [0.29, 0.717) is 11.1 Å². The molecule has 2 N–H and O–H groups in total. The molecule has 142 valence electrons. The maximum absolute atomic E-state index is 12.6. The van der Waals surface area contributed by atoms with Crippen LogP contribution in [0.25, 0.3) is 0 Å². The van der Waals surface area contributed by atoms with Crippen LogP contribution < -0.4 is 10.6 Å². The standard InChI is InChI=1S/C22H22N4O2/c1-15-8-10-18(12-23-15)21(27)25-14-20(17-6-4-3-5-7-17)26-22(28)19-11-9-16(2)24-13-19/h3-13,20H,14H2,1-2H3,(H,25,27)(H,26,28). The summed E-state index contributed by atoms with van der Waals surface area (Å²) in [4.78, 5) is 33.3. The van der Waals surface area contributed by atoms with E-state index in [1.54, 1.807) is 36.7 Å². The lowest BCUT2D eigenvalue weighted by Gasteiger charge is -2.20. The van der Waals surface area contributed by atoms with Crippen molar-refractivity contribution < 1.29 is 9.59 Å².